The van der Waals surface area contributed by atoms with E-state index < -0.39 is 11.7 Å². The van der Waals surface area contributed by atoms with Crippen molar-refractivity contribution < 1.29 is 22.9 Å². The van der Waals surface area contributed by atoms with Gasteiger partial charge in [0.15, 0.2) is 0 Å². The molecule has 29 heavy (non-hydrogen) atoms. The number of nitrogens with one attached hydrogen (secondary N) is 1. The van der Waals surface area contributed by atoms with Crippen LogP contribution in [0.5, 0.6) is 0 Å². The van der Waals surface area contributed by atoms with Crippen LogP contribution in [0.25, 0.3) is 11.4 Å². The van der Waals surface area contributed by atoms with Crippen molar-refractivity contribution in [3.05, 3.63) is 66.1 Å². The summed E-state index contributed by atoms with van der Waals surface area (Å²) in [6.07, 6.45) is 0.262. The first-order chi connectivity index (χ1) is 13.9. The van der Waals surface area contributed by atoms with Crippen LogP contribution in [-0.4, -0.2) is 40.4 Å². The predicted molar refractivity (Wildman–Crippen MR) is 101 cm³/mol. The quantitative estimate of drug-likeness (QED) is 0.659. The Kier molecular flexibility index (Phi) is 6.28. The van der Waals surface area contributed by atoms with E-state index in [-0.39, 0.29) is 37.0 Å². The Morgan fingerprint density at radius 1 is 1.10 bits per heavy atom. The Balaban J connectivity index is 1.48. The zero-order valence-electron chi connectivity index (χ0n) is 15.6. The minimum atomic E-state index is -0.466. The fourth-order valence-electron chi connectivity index (χ4n) is 2.55. The molecular formula is C20H18F2N4O3. The third-order valence-corrected chi connectivity index (χ3v) is 4.04. The highest BCUT2D eigenvalue weighted by atomic mass is 19.1. The third-order valence-electron chi connectivity index (χ3n) is 4.04. The molecule has 0 unspecified atom stereocenters. The standard InChI is InChI=1S/C20H18F2N4O3/c1-26(12-17(27)23-16-4-2-3-15(22)11-16)19(28)10-9-18-24-20(25-29-18)13-5-7-14(21)8-6-13/h2-8,11H,9-10,12H2,1H3,(H,23,27). The summed E-state index contributed by atoms with van der Waals surface area (Å²) < 4.78 is 31.2. The van der Waals surface area contributed by atoms with E-state index in [4.69, 9.17) is 4.52 Å². The molecule has 3 rings (SSSR count). The summed E-state index contributed by atoms with van der Waals surface area (Å²) in [6.45, 7) is -0.181. The van der Waals surface area contributed by atoms with Crippen molar-refractivity contribution in [1.82, 2.24) is 15.0 Å². The lowest BCUT2D eigenvalue weighted by Gasteiger charge is -2.16. The molecule has 1 aromatic heterocycles. The van der Waals surface area contributed by atoms with E-state index in [2.05, 4.69) is 15.5 Å². The van der Waals surface area contributed by atoms with Crippen molar-refractivity contribution >= 4 is 17.5 Å². The Morgan fingerprint density at radius 2 is 1.86 bits per heavy atom. The van der Waals surface area contributed by atoms with E-state index in [1.165, 1.54) is 54.4 Å². The lowest BCUT2D eigenvalue weighted by Crippen LogP contribution is -2.35. The highest BCUT2D eigenvalue weighted by Gasteiger charge is 2.16. The molecule has 3 aromatic rings. The number of nitrogens with zero attached hydrogens (tertiary/aromatic N) is 3. The monoisotopic (exact) mass is 400 g/mol. The molecule has 0 bridgehead atoms. The Bertz CT molecular complexity index is 1000. The second-order valence-corrected chi connectivity index (χ2v) is 6.33. The van der Waals surface area contributed by atoms with Gasteiger partial charge in [-0.2, -0.15) is 4.98 Å². The fourth-order valence-corrected chi connectivity index (χ4v) is 2.55. The highest BCUT2D eigenvalue weighted by molar-refractivity contribution is 5.94. The molecule has 0 aliphatic heterocycles. The zero-order chi connectivity index (χ0) is 20.8. The molecule has 0 aliphatic carbocycles. The number of aromatic nitrogens is 2. The molecule has 0 radical (unpaired) electrons. The SMILES string of the molecule is CN(CC(=O)Nc1cccc(F)c1)C(=O)CCc1nc(-c2ccc(F)cc2)no1. The van der Waals surface area contributed by atoms with Gasteiger partial charge in [0.05, 0.1) is 6.54 Å². The molecule has 2 aromatic carbocycles. The van der Waals surface area contributed by atoms with Crippen molar-refractivity contribution in [3.63, 3.8) is 0 Å². The van der Waals surface area contributed by atoms with Gasteiger partial charge >= 0.3 is 0 Å². The third kappa shape index (κ3) is 5.68. The first kappa shape index (κ1) is 20.1. The molecule has 0 fully saturated rings. The van der Waals surface area contributed by atoms with Crippen molar-refractivity contribution in [2.75, 3.05) is 18.9 Å². The summed E-state index contributed by atoms with van der Waals surface area (Å²) in [5, 5.41) is 6.34. The van der Waals surface area contributed by atoms with Crippen LogP contribution >= 0.6 is 0 Å². The number of carbonyl (C=O) groups excluding carboxylic acids is 2. The number of rotatable bonds is 7. The van der Waals surface area contributed by atoms with Gasteiger partial charge in [-0.3, -0.25) is 9.59 Å². The van der Waals surface area contributed by atoms with Crippen LogP contribution in [0, 0.1) is 11.6 Å². The number of benzene rings is 2. The van der Waals surface area contributed by atoms with Gasteiger partial charge in [-0.05, 0) is 42.5 Å². The number of anilines is 1. The van der Waals surface area contributed by atoms with E-state index in [0.29, 0.717) is 17.1 Å². The molecule has 0 saturated carbocycles. The van der Waals surface area contributed by atoms with Crippen LogP contribution < -0.4 is 5.32 Å². The van der Waals surface area contributed by atoms with Gasteiger partial charge in [0, 0.05) is 31.1 Å². The van der Waals surface area contributed by atoms with Crippen LogP contribution in [0.4, 0.5) is 14.5 Å². The van der Waals surface area contributed by atoms with E-state index in [1.807, 2.05) is 0 Å². The van der Waals surface area contributed by atoms with Gasteiger partial charge in [0.1, 0.15) is 11.6 Å². The second-order valence-electron chi connectivity index (χ2n) is 6.33. The van der Waals surface area contributed by atoms with Gasteiger partial charge in [-0.1, -0.05) is 11.2 Å². The summed E-state index contributed by atoms with van der Waals surface area (Å²) in [6, 6.07) is 11.1. The number of hydrogen-bond acceptors (Lipinski definition) is 5. The lowest BCUT2D eigenvalue weighted by molar-refractivity contribution is -0.133. The summed E-state index contributed by atoms with van der Waals surface area (Å²) in [5.74, 6) is -1.01. The number of halogens is 2. The second kappa shape index (κ2) is 9.05. The molecule has 2 amide bonds. The van der Waals surface area contributed by atoms with Crippen LogP contribution in [0.15, 0.2) is 53.1 Å². The van der Waals surface area contributed by atoms with Gasteiger partial charge in [0.2, 0.25) is 23.5 Å². The molecule has 7 nitrogen and oxygen atoms in total. The average molecular weight is 400 g/mol. The highest BCUT2D eigenvalue weighted by Crippen LogP contribution is 2.16. The number of likely N-dealkylation sites (N-methyl/N-ethyl adjacent to an activating group) is 1. The fraction of sp³-hybridized carbons (Fsp3) is 0.200. The first-order valence-electron chi connectivity index (χ1n) is 8.78. The summed E-state index contributed by atoms with van der Waals surface area (Å²) in [5.41, 5.74) is 0.911. The lowest BCUT2D eigenvalue weighted by atomic mass is 10.2. The van der Waals surface area contributed by atoms with Crippen LogP contribution in [0.1, 0.15) is 12.3 Å². The Hall–Kier alpha value is -3.62. The number of aryl methyl sites for hydroxylation is 1. The van der Waals surface area contributed by atoms with Gasteiger partial charge < -0.3 is 14.7 Å². The smallest absolute Gasteiger partial charge is 0.243 e. The molecule has 1 heterocycles. The minimum absolute atomic E-state index is 0.0643. The topological polar surface area (TPSA) is 88.3 Å². The summed E-state index contributed by atoms with van der Waals surface area (Å²) >= 11 is 0. The Morgan fingerprint density at radius 3 is 2.59 bits per heavy atom. The first-order valence-corrected chi connectivity index (χ1v) is 8.78. The van der Waals surface area contributed by atoms with Gasteiger partial charge in [0.25, 0.3) is 0 Å². The van der Waals surface area contributed by atoms with Crippen LogP contribution in [0.2, 0.25) is 0 Å². The van der Waals surface area contributed by atoms with Crippen molar-refractivity contribution in [1.29, 1.82) is 0 Å². The van der Waals surface area contributed by atoms with Crippen molar-refractivity contribution in [3.8, 4) is 11.4 Å². The van der Waals surface area contributed by atoms with Crippen LogP contribution in [-0.2, 0) is 16.0 Å². The molecule has 0 spiro atoms. The largest absolute Gasteiger partial charge is 0.339 e. The molecule has 0 saturated heterocycles. The summed E-state index contributed by atoms with van der Waals surface area (Å²) in [4.78, 5) is 29.7. The van der Waals surface area contributed by atoms with E-state index >= 15 is 0 Å². The molecular weight excluding hydrogens is 382 g/mol. The van der Waals surface area contributed by atoms with E-state index in [0.717, 1.165) is 0 Å². The van der Waals surface area contributed by atoms with Gasteiger partial charge in [-0.25, -0.2) is 8.78 Å². The van der Waals surface area contributed by atoms with Gasteiger partial charge in [-0.15, -0.1) is 0 Å². The van der Waals surface area contributed by atoms with Crippen LogP contribution in [0.3, 0.4) is 0 Å². The average Bonchev–Trinajstić information content (AvgIpc) is 3.15. The normalized spacial score (nSPS) is 10.6. The molecule has 0 atom stereocenters. The molecule has 1 N–H and O–H groups in total. The molecule has 0 aliphatic rings. The Labute approximate surface area is 165 Å². The predicted octanol–water partition coefficient (Wildman–Crippen LogP) is 3.04. The van der Waals surface area contributed by atoms with E-state index in [1.54, 1.807) is 6.07 Å². The maximum atomic E-state index is 13.1. The minimum Gasteiger partial charge on any atom is -0.339 e. The maximum Gasteiger partial charge on any atom is 0.243 e. The summed E-state index contributed by atoms with van der Waals surface area (Å²) in [7, 11) is 1.49. The zero-order valence-corrected chi connectivity index (χ0v) is 15.6. The molecule has 9 heteroatoms. The van der Waals surface area contributed by atoms with Crippen molar-refractivity contribution in [2.45, 2.75) is 12.8 Å². The number of amides is 2. The van der Waals surface area contributed by atoms with Crippen molar-refractivity contribution in [2.24, 2.45) is 0 Å². The molecule has 150 valence electrons. The van der Waals surface area contributed by atoms with E-state index in [9.17, 15) is 18.4 Å². The number of hydrogen-bond donors (Lipinski definition) is 1. The maximum absolute atomic E-state index is 13.1. The number of carbonyl (C=O) groups is 2.